The van der Waals surface area contributed by atoms with Gasteiger partial charge in [-0.05, 0) is 93.3 Å². The SMILES string of the molecule is N#Cc1ccc(-c2ccc(N(c3ccc4c(c3)oc3ccc5ccccc5c34)c3ccc4c(c3)oc3ccc5ccccc5c34)cc2)cc1. The number of furan rings is 2. The number of hydrogen-bond donors (Lipinski definition) is 0. The zero-order valence-electron chi connectivity index (χ0n) is 26.2. The molecule has 0 radical (unpaired) electrons. The number of benzene rings is 8. The van der Waals surface area contributed by atoms with Crippen LogP contribution in [0.4, 0.5) is 17.1 Å². The Morgan fingerprint density at radius 2 is 0.878 bits per heavy atom. The molecular formula is C45H26N2O2. The summed E-state index contributed by atoms with van der Waals surface area (Å²) < 4.78 is 13.0. The minimum atomic E-state index is 0.648. The van der Waals surface area contributed by atoms with Crippen LogP contribution in [0.1, 0.15) is 5.56 Å². The molecule has 0 saturated carbocycles. The first kappa shape index (κ1) is 27.3. The van der Waals surface area contributed by atoms with Crippen molar-refractivity contribution in [3.63, 3.8) is 0 Å². The van der Waals surface area contributed by atoms with Crippen LogP contribution in [0.2, 0.25) is 0 Å². The Kier molecular flexibility index (Phi) is 5.90. The molecule has 0 bridgehead atoms. The topological polar surface area (TPSA) is 53.3 Å². The third-order valence-electron chi connectivity index (χ3n) is 9.68. The van der Waals surface area contributed by atoms with Crippen molar-refractivity contribution in [2.75, 3.05) is 4.90 Å². The lowest BCUT2D eigenvalue weighted by Crippen LogP contribution is -2.09. The molecule has 0 aliphatic heterocycles. The molecule has 49 heavy (non-hydrogen) atoms. The second-order valence-corrected chi connectivity index (χ2v) is 12.5. The molecule has 0 aliphatic carbocycles. The Morgan fingerprint density at radius 1 is 0.408 bits per heavy atom. The Hall–Kier alpha value is -6.83. The molecule has 10 aromatic rings. The molecular weight excluding hydrogens is 601 g/mol. The fourth-order valence-corrected chi connectivity index (χ4v) is 7.34. The third kappa shape index (κ3) is 4.30. The van der Waals surface area contributed by atoms with Crippen molar-refractivity contribution in [2.24, 2.45) is 0 Å². The quantitative estimate of drug-likeness (QED) is 0.195. The molecule has 2 heterocycles. The molecule has 0 atom stereocenters. The van der Waals surface area contributed by atoms with Gasteiger partial charge in [-0.2, -0.15) is 5.26 Å². The molecule has 10 rings (SSSR count). The fourth-order valence-electron chi connectivity index (χ4n) is 7.34. The van der Waals surface area contributed by atoms with Crippen LogP contribution in [-0.2, 0) is 0 Å². The van der Waals surface area contributed by atoms with E-state index in [4.69, 9.17) is 8.83 Å². The van der Waals surface area contributed by atoms with Crippen LogP contribution < -0.4 is 4.90 Å². The summed E-state index contributed by atoms with van der Waals surface area (Å²) in [5.41, 5.74) is 9.15. The zero-order valence-corrected chi connectivity index (χ0v) is 26.2. The highest BCUT2D eigenvalue weighted by atomic mass is 16.3. The van der Waals surface area contributed by atoms with Gasteiger partial charge in [0.05, 0.1) is 11.6 Å². The summed E-state index contributed by atoms with van der Waals surface area (Å²) in [5, 5.41) is 18.5. The second-order valence-electron chi connectivity index (χ2n) is 12.5. The van der Waals surface area contributed by atoms with Gasteiger partial charge in [0, 0.05) is 50.7 Å². The van der Waals surface area contributed by atoms with Gasteiger partial charge in [0.2, 0.25) is 0 Å². The van der Waals surface area contributed by atoms with E-state index in [9.17, 15) is 5.26 Å². The summed E-state index contributed by atoms with van der Waals surface area (Å²) in [7, 11) is 0. The summed E-state index contributed by atoms with van der Waals surface area (Å²) in [6.07, 6.45) is 0. The maximum absolute atomic E-state index is 9.25. The Labute approximate surface area is 281 Å². The largest absolute Gasteiger partial charge is 0.456 e. The number of rotatable bonds is 4. The molecule has 0 aliphatic rings. The smallest absolute Gasteiger partial charge is 0.137 e. The van der Waals surface area contributed by atoms with Crippen molar-refractivity contribution in [1.29, 1.82) is 5.26 Å². The van der Waals surface area contributed by atoms with Crippen molar-refractivity contribution >= 4 is 82.5 Å². The number of anilines is 3. The highest BCUT2D eigenvalue weighted by Crippen LogP contribution is 2.43. The highest BCUT2D eigenvalue weighted by Gasteiger charge is 2.19. The van der Waals surface area contributed by atoms with Crippen LogP contribution in [0.3, 0.4) is 0 Å². The third-order valence-corrected chi connectivity index (χ3v) is 9.68. The standard InChI is InChI=1S/C45H26N2O2/c46-27-28-9-11-29(12-10-28)30-13-17-33(18-14-30)47(34-19-21-38-42(25-34)48-40-23-15-31-5-1-3-7-36(31)44(38)40)35-20-22-39-43(26-35)49-41-24-16-32-6-2-4-8-37(32)45(39)41/h1-26H. The number of hydrogen-bond acceptors (Lipinski definition) is 4. The van der Waals surface area contributed by atoms with E-state index in [1.165, 1.54) is 21.5 Å². The minimum absolute atomic E-state index is 0.648. The lowest BCUT2D eigenvalue weighted by atomic mass is 10.0. The van der Waals surface area contributed by atoms with Gasteiger partial charge in [-0.15, -0.1) is 0 Å². The van der Waals surface area contributed by atoms with Crippen LogP contribution >= 0.6 is 0 Å². The van der Waals surface area contributed by atoms with Crippen molar-refractivity contribution in [2.45, 2.75) is 0 Å². The van der Waals surface area contributed by atoms with E-state index in [0.29, 0.717) is 5.56 Å². The molecule has 2 aromatic heterocycles. The Bertz CT molecular complexity index is 2790. The first-order valence-corrected chi connectivity index (χ1v) is 16.3. The van der Waals surface area contributed by atoms with Crippen molar-refractivity contribution in [3.8, 4) is 17.2 Å². The summed E-state index contributed by atoms with van der Waals surface area (Å²) in [6.45, 7) is 0. The second kappa shape index (κ2) is 10.6. The van der Waals surface area contributed by atoms with Crippen LogP contribution in [0.15, 0.2) is 167 Å². The summed E-state index contributed by atoms with van der Waals surface area (Å²) in [6, 6.07) is 56.6. The van der Waals surface area contributed by atoms with Crippen molar-refractivity contribution in [1.82, 2.24) is 0 Å². The molecule has 8 aromatic carbocycles. The Balaban J connectivity index is 1.15. The van der Waals surface area contributed by atoms with E-state index in [1.807, 2.05) is 24.3 Å². The average molecular weight is 627 g/mol. The van der Waals surface area contributed by atoms with E-state index in [2.05, 4.69) is 144 Å². The lowest BCUT2D eigenvalue weighted by molar-refractivity contribution is 0.669. The molecule has 4 heteroatoms. The first-order chi connectivity index (χ1) is 24.2. The maximum atomic E-state index is 9.25. The van der Waals surface area contributed by atoms with Crippen LogP contribution in [0.5, 0.6) is 0 Å². The Morgan fingerprint density at radius 3 is 1.39 bits per heavy atom. The summed E-state index contributed by atoms with van der Waals surface area (Å²) in [4.78, 5) is 2.25. The summed E-state index contributed by atoms with van der Waals surface area (Å²) in [5.74, 6) is 0. The molecule has 0 unspecified atom stereocenters. The molecule has 0 fully saturated rings. The molecule has 4 nitrogen and oxygen atoms in total. The predicted molar refractivity (Wildman–Crippen MR) is 201 cm³/mol. The normalized spacial score (nSPS) is 11.7. The van der Waals surface area contributed by atoms with E-state index in [0.717, 1.165) is 72.1 Å². The predicted octanol–water partition coefficient (Wildman–Crippen LogP) is 12.8. The summed E-state index contributed by atoms with van der Waals surface area (Å²) >= 11 is 0. The van der Waals surface area contributed by atoms with Crippen LogP contribution in [0, 0.1) is 11.3 Å². The minimum Gasteiger partial charge on any atom is -0.456 e. The van der Waals surface area contributed by atoms with Gasteiger partial charge in [0.25, 0.3) is 0 Å². The van der Waals surface area contributed by atoms with Gasteiger partial charge in [-0.3, -0.25) is 0 Å². The van der Waals surface area contributed by atoms with Gasteiger partial charge in [0.1, 0.15) is 22.3 Å². The number of nitriles is 1. The van der Waals surface area contributed by atoms with Gasteiger partial charge in [0.15, 0.2) is 0 Å². The molecule has 0 N–H and O–H groups in total. The zero-order chi connectivity index (χ0) is 32.5. The van der Waals surface area contributed by atoms with Gasteiger partial charge in [-0.25, -0.2) is 0 Å². The van der Waals surface area contributed by atoms with E-state index < -0.39 is 0 Å². The van der Waals surface area contributed by atoms with Crippen molar-refractivity contribution < 1.29 is 8.83 Å². The fraction of sp³-hybridized carbons (Fsp3) is 0. The van der Waals surface area contributed by atoms with Gasteiger partial charge >= 0.3 is 0 Å². The van der Waals surface area contributed by atoms with E-state index in [-0.39, 0.29) is 0 Å². The lowest BCUT2D eigenvalue weighted by Gasteiger charge is -2.25. The average Bonchev–Trinajstić information content (AvgIpc) is 3.73. The first-order valence-electron chi connectivity index (χ1n) is 16.3. The molecule has 0 saturated heterocycles. The molecule has 0 amide bonds. The van der Waals surface area contributed by atoms with Crippen molar-refractivity contribution in [3.05, 3.63) is 163 Å². The monoisotopic (exact) mass is 626 g/mol. The maximum Gasteiger partial charge on any atom is 0.137 e. The molecule has 228 valence electrons. The molecule has 0 spiro atoms. The van der Waals surface area contributed by atoms with E-state index in [1.54, 1.807) is 0 Å². The van der Waals surface area contributed by atoms with Crippen LogP contribution in [0.25, 0.3) is 76.5 Å². The van der Waals surface area contributed by atoms with E-state index >= 15 is 0 Å². The van der Waals surface area contributed by atoms with Gasteiger partial charge in [-0.1, -0.05) is 84.9 Å². The van der Waals surface area contributed by atoms with Crippen LogP contribution in [-0.4, -0.2) is 0 Å². The van der Waals surface area contributed by atoms with Gasteiger partial charge < -0.3 is 13.7 Å². The highest BCUT2D eigenvalue weighted by molar-refractivity contribution is 6.20. The number of fused-ring (bicyclic) bond motifs is 10. The number of nitrogens with zero attached hydrogens (tertiary/aromatic N) is 2.